The number of rotatable bonds is 3. The molecule has 0 saturated carbocycles. The topological polar surface area (TPSA) is 86.6 Å². The van der Waals surface area contributed by atoms with Crippen LogP contribution in [0.1, 0.15) is 27.7 Å². The average molecular weight is 303 g/mol. The predicted molar refractivity (Wildman–Crippen MR) is 86.2 cm³/mol. The molecule has 1 unspecified atom stereocenters. The van der Waals surface area contributed by atoms with Crippen LogP contribution < -0.4 is 5.56 Å². The van der Waals surface area contributed by atoms with E-state index in [0.717, 1.165) is 5.56 Å². The van der Waals surface area contributed by atoms with Gasteiger partial charge in [0.1, 0.15) is 5.82 Å². The molecular weight excluding hydrogens is 290 g/mol. The number of aryl methyl sites for hydroxylation is 1. The lowest BCUT2D eigenvalue weighted by molar-refractivity contribution is 0.0975. The minimum Gasteiger partial charge on any atom is -0.308 e. The number of H-pyrrole nitrogens is 1. The number of carbonyl (C=O) groups is 1. The maximum atomic E-state index is 12.7. The lowest BCUT2D eigenvalue weighted by Crippen LogP contribution is -2.20. The summed E-state index contributed by atoms with van der Waals surface area (Å²) in [6.07, 6.45) is 0. The van der Waals surface area contributed by atoms with E-state index in [9.17, 15) is 14.9 Å². The fraction of sp³-hybridized carbons (Fsp3) is 0.111. The third kappa shape index (κ3) is 2.62. The van der Waals surface area contributed by atoms with Gasteiger partial charge in [0.05, 0.1) is 17.0 Å². The summed E-state index contributed by atoms with van der Waals surface area (Å²) in [6, 6.07) is 15.8. The molecule has 0 fully saturated rings. The van der Waals surface area contributed by atoms with Crippen molar-refractivity contribution in [1.29, 1.82) is 5.26 Å². The number of Topliss-reactive ketones (excluding diaryl/α,β-unsaturated/α-hetero) is 1. The van der Waals surface area contributed by atoms with E-state index in [1.807, 2.05) is 12.1 Å². The van der Waals surface area contributed by atoms with Crippen molar-refractivity contribution in [3.05, 3.63) is 75.8 Å². The van der Waals surface area contributed by atoms with Crippen molar-refractivity contribution in [2.45, 2.75) is 12.8 Å². The number of ketones is 1. The molecule has 0 saturated heterocycles. The van der Waals surface area contributed by atoms with Gasteiger partial charge >= 0.3 is 0 Å². The van der Waals surface area contributed by atoms with Crippen LogP contribution in [0.25, 0.3) is 10.9 Å². The Labute approximate surface area is 132 Å². The number of hydrogen-bond acceptors (Lipinski definition) is 4. The van der Waals surface area contributed by atoms with Crippen molar-refractivity contribution >= 4 is 16.7 Å². The Morgan fingerprint density at radius 1 is 1.17 bits per heavy atom. The number of aromatic amines is 1. The molecule has 112 valence electrons. The van der Waals surface area contributed by atoms with Crippen molar-refractivity contribution in [2.24, 2.45) is 0 Å². The van der Waals surface area contributed by atoms with E-state index in [0.29, 0.717) is 16.5 Å². The van der Waals surface area contributed by atoms with Gasteiger partial charge in [0.15, 0.2) is 11.7 Å². The zero-order valence-electron chi connectivity index (χ0n) is 12.4. The maximum absolute atomic E-state index is 12.7. The van der Waals surface area contributed by atoms with Crippen LogP contribution in [-0.2, 0) is 0 Å². The van der Waals surface area contributed by atoms with Gasteiger partial charge < -0.3 is 4.98 Å². The van der Waals surface area contributed by atoms with Gasteiger partial charge in [-0.25, -0.2) is 4.98 Å². The molecule has 5 nitrogen and oxygen atoms in total. The van der Waals surface area contributed by atoms with Gasteiger partial charge in [0, 0.05) is 5.56 Å². The number of hydrogen-bond donors (Lipinski definition) is 1. The fourth-order valence-electron chi connectivity index (χ4n) is 2.49. The summed E-state index contributed by atoms with van der Waals surface area (Å²) in [5.74, 6) is -1.44. The number of nitrogens with one attached hydrogen (secondary N) is 1. The molecule has 0 amide bonds. The van der Waals surface area contributed by atoms with Crippen LogP contribution in [0, 0.1) is 18.3 Å². The summed E-state index contributed by atoms with van der Waals surface area (Å²) in [5, 5.41) is 9.86. The highest BCUT2D eigenvalue weighted by Gasteiger charge is 2.25. The monoisotopic (exact) mass is 303 g/mol. The smallest absolute Gasteiger partial charge is 0.258 e. The van der Waals surface area contributed by atoms with E-state index in [2.05, 4.69) is 9.97 Å². The van der Waals surface area contributed by atoms with Gasteiger partial charge in [-0.15, -0.1) is 0 Å². The molecule has 1 atom stereocenters. The molecule has 5 heteroatoms. The molecule has 1 heterocycles. The first-order valence-corrected chi connectivity index (χ1v) is 7.10. The number of aromatic nitrogens is 2. The molecule has 2 aromatic carbocycles. The van der Waals surface area contributed by atoms with Crippen LogP contribution >= 0.6 is 0 Å². The van der Waals surface area contributed by atoms with Gasteiger partial charge in [0.25, 0.3) is 5.56 Å². The van der Waals surface area contributed by atoms with E-state index in [1.54, 1.807) is 49.4 Å². The molecule has 0 aliphatic heterocycles. The highest BCUT2D eigenvalue weighted by atomic mass is 16.1. The van der Waals surface area contributed by atoms with E-state index in [4.69, 9.17) is 0 Å². The van der Waals surface area contributed by atoms with Crippen molar-refractivity contribution in [1.82, 2.24) is 9.97 Å². The van der Waals surface area contributed by atoms with E-state index >= 15 is 0 Å². The van der Waals surface area contributed by atoms with Crippen LogP contribution in [0.2, 0.25) is 0 Å². The summed E-state index contributed by atoms with van der Waals surface area (Å²) in [7, 11) is 0. The summed E-state index contributed by atoms with van der Waals surface area (Å²) in [5.41, 5.74) is 1.34. The molecule has 1 N–H and O–H groups in total. The normalized spacial score (nSPS) is 11.8. The molecule has 0 radical (unpaired) electrons. The Bertz CT molecular complexity index is 999. The van der Waals surface area contributed by atoms with E-state index < -0.39 is 5.92 Å². The highest BCUT2D eigenvalue weighted by molar-refractivity contribution is 6.03. The maximum Gasteiger partial charge on any atom is 0.258 e. The Kier molecular flexibility index (Phi) is 3.73. The minimum absolute atomic E-state index is 0.0736. The van der Waals surface area contributed by atoms with Crippen molar-refractivity contribution in [3.63, 3.8) is 0 Å². The van der Waals surface area contributed by atoms with Crippen molar-refractivity contribution in [3.8, 4) is 6.07 Å². The Morgan fingerprint density at radius 2 is 1.87 bits per heavy atom. The summed E-state index contributed by atoms with van der Waals surface area (Å²) < 4.78 is 0. The largest absolute Gasteiger partial charge is 0.308 e. The van der Waals surface area contributed by atoms with Crippen LogP contribution in [-0.4, -0.2) is 15.8 Å². The molecule has 0 bridgehead atoms. The molecular formula is C18H13N3O2. The molecule has 1 aromatic heterocycles. The summed E-state index contributed by atoms with van der Waals surface area (Å²) >= 11 is 0. The molecule has 0 spiro atoms. The fourth-order valence-corrected chi connectivity index (χ4v) is 2.49. The summed E-state index contributed by atoms with van der Waals surface area (Å²) in [6.45, 7) is 1.80. The van der Waals surface area contributed by atoms with Gasteiger partial charge in [-0.05, 0) is 24.6 Å². The number of nitrogens with zero attached hydrogens (tertiary/aromatic N) is 2. The van der Waals surface area contributed by atoms with E-state index in [-0.39, 0.29) is 17.2 Å². The minimum atomic E-state index is -1.14. The number of nitriles is 1. The predicted octanol–water partition coefficient (Wildman–Crippen LogP) is 2.72. The second kappa shape index (κ2) is 5.85. The average Bonchev–Trinajstić information content (AvgIpc) is 2.56. The third-order valence-electron chi connectivity index (χ3n) is 3.71. The lowest BCUT2D eigenvalue weighted by atomic mass is 9.95. The lowest BCUT2D eigenvalue weighted by Gasteiger charge is -2.10. The van der Waals surface area contributed by atoms with Gasteiger partial charge in [-0.1, -0.05) is 36.4 Å². The first-order chi connectivity index (χ1) is 11.1. The van der Waals surface area contributed by atoms with Gasteiger partial charge in [-0.3, -0.25) is 9.59 Å². The Morgan fingerprint density at radius 3 is 2.61 bits per heavy atom. The summed E-state index contributed by atoms with van der Waals surface area (Å²) in [4.78, 5) is 31.6. The molecule has 23 heavy (non-hydrogen) atoms. The van der Waals surface area contributed by atoms with Crippen LogP contribution in [0.5, 0.6) is 0 Å². The molecule has 0 aliphatic carbocycles. The molecule has 0 aliphatic rings. The third-order valence-corrected chi connectivity index (χ3v) is 3.71. The highest BCUT2D eigenvalue weighted by Crippen LogP contribution is 2.20. The zero-order chi connectivity index (χ0) is 16.4. The van der Waals surface area contributed by atoms with Crippen molar-refractivity contribution < 1.29 is 4.79 Å². The van der Waals surface area contributed by atoms with Crippen LogP contribution in [0.15, 0.2) is 53.3 Å². The first kappa shape index (κ1) is 14.7. The van der Waals surface area contributed by atoms with E-state index in [1.165, 1.54) is 0 Å². The Balaban J connectivity index is 2.12. The molecule has 3 rings (SSSR count). The first-order valence-electron chi connectivity index (χ1n) is 7.10. The Hall–Kier alpha value is -3.26. The van der Waals surface area contributed by atoms with Crippen LogP contribution in [0.4, 0.5) is 0 Å². The number of fused-ring (bicyclic) bond motifs is 1. The van der Waals surface area contributed by atoms with Gasteiger partial charge in [-0.2, -0.15) is 5.26 Å². The van der Waals surface area contributed by atoms with Gasteiger partial charge in [0.2, 0.25) is 0 Å². The SMILES string of the molecule is Cc1ccccc1C(=O)C(C#N)c1nc2ccccc2c(=O)[nH]1. The number of para-hydroxylation sites is 1. The second-order valence-electron chi connectivity index (χ2n) is 5.21. The second-order valence-corrected chi connectivity index (χ2v) is 5.21. The zero-order valence-corrected chi connectivity index (χ0v) is 12.4. The van der Waals surface area contributed by atoms with Crippen LogP contribution in [0.3, 0.4) is 0 Å². The standard InChI is InChI=1S/C18H13N3O2/c1-11-6-2-3-7-12(11)16(22)14(10-19)17-20-15-9-5-4-8-13(15)18(23)21-17/h2-9,14H,1H3,(H,20,21,23). The van der Waals surface area contributed by atoms with Crippen molar-refractivity contribution in [2.75, 3.05) is 0 Å². The quantitative estimate of drug-likeness (QED) is 0.754. The number of carbonyl (C=O) groups excluding carboxylic acids is 1. The molecule has 3 aromatic rings. The number of benzene rings is 2.